The predicted octanol–water partition coefficient (Wildman–Crippen LogP) is 2.74. The number of rotatable bonds is 5. The van der Waals surface area contributed by atoms with Crippen molar-refractivity contribution in [3.63, 3.8) is 0 Å². The summed E-state index contributed by atoms with van der Waals surface area (Å²) in [6, 6.07) is 0.675. The van der Waals surface area contributed by atoms with Gasteiger partial charge >= 0.3 is 0 Å². The maximum absolute atomic E-state index is 3.46. The van der Waals surface area contributed by atoms with Gasteiger partial charge in [-0.15, -0.1) is 0 Å². The van der Waals surface area contributed by atoms with Gasteiger partial charge in [0.2, 0.25) is 0 Å². The highest BCUT2D eigenvalue weighted by atomic mass is 15.2. The second kappa shape index (κ2) is 6.02. The summed E-state index contributed by atoms with van der Waals surface area (Å²) in [6.07, 6.45) is 2.66. The van der Waals surface area contributed by atoms with E-state index < -0.39 is 0 Å². The highest BCUT2D eigenvalue weighted by Crippen LogP contribution is 2.29. The largest absolute Gasteiger partial charge is 0.317 e. The first-order valence-corrected chi connectivity index (χ1v) is 6.88. The molecule has 0 aromatic heterocycles. The zero-order valence-electron chi connectivity index (χ0n) is 11.8. The van der Waals surface area contributed by atoms with Crippen molar-refractivity contribution in [2.75, 3.05) is 26.2 Å². The zero-order valence-corrected chi connectivity index (χ0v) is 11.8. The fraction of sp³-hybridized carbons (Fsp3) is 1.00. The molecule has 1 aliphatic heterocycles. The lowest BCUT2D eigenvalue weighted by Crippen LogP contribution is -2.46. The molecular weight excluding hydrogens is 196 g/mol. The maximum Gasteiger partial charge on any atom is 0.00391 e. The van der Waals surface area contributed by atoms with Gasteiger partial charge in [0.15, 0.2) is 0 Å². The highest BCUT2D eigenvalue weighted by molar-refractivity contribution is 4.84. The highest BCUT2D eigenvalue weighted by Gasteiger charge is 2.29. The monoisotopic (exact) mass is 226 g/mol. The molecule has 0 aliphatic carbocycles. The molecule has 0 spiro atoms. The predicted molar refractivity (Wildman–Crippen MR) is 71.8 cm³/mol. The molecule has 0 bridgehead atoms. The first-order valence-electron chi connectivity index (χ1n) is 6.88. The molecule has 2 heteroatoms. The van der Waals surface area contributed by atoms with Gasteiger partial charge in [-0.2, -0.15) is 0 Å². The first kappa shape index (κ1) is 14.0. The van der Waals surface area contributed by atoms with Gasteiger partial charge in [0, 0.05) is 19.1 Å². The van der Waals surface area contributed by atoms with Crippen molar-refractivity contribution in [3.8, 4) is 0 Å². The summed E-state index contributed by atoms with van der Waals surface area (Å²) in [5, 5.41) is 3.46. The molecule has 0 atom stereocenters. The molecule has 2 nitrogen and oxygen atoms in total. The van der Waals surface area contributed by atoms with E-state index in [0.717, 1.165) is 5.92 Å². The lowest BCUT2D eigenvalue weighted by molar-refractivity contribution is 0.0951. The van der Waals surface area contributed by atoms with Crippen molar-refractivity contribution in [2.24, 2.45) is 11.3 Å². The van der Waals surface area contributed by atoms with Crippen LogP contribution >= 0.6 is 0 Å². The second-order valence-corrected chi connectivity index (χ2v) is 6.48. The molecule has 1 N–H and O–H groups in total. The molecule has 0 unspecified atom stereocenters. The van der Waals surface area contributed by atoms with Gasteiger partial charge in [0.1, 0.15) is 0 Å². The standard InChI is InChI=1S/C14H30N2/c1-12(2)10-16(13(3)4)11-14(5)6-8-15-9-7-14/h12-13,15H,6-11H2,1-5H3. The molecule has 0 aromatic rings. The molecule has 1 aliphatic rings. The Morgan fingerprint density at radius 2 is 1.69 bits per heavy atom. The van der Waals surface area contributed by atoms with Crippen LogP contribution in [0.5, 0.6) is 0 Å². The van der Waals surface area contributed by atoms with E-state index in [4.69, 9.17) is 0 Å². The van der Waals surface area contributed by atoms with Crippen LogP contribution in [-0.4, -0.2) is 37.1 Å². The van der Waals surface area contributed by atoms with Crippen LogP contribution < -0.4 is 5.32 Å². The van der Waals surface area contributed by atoms with Crippen LogP contribution in [-0.2, 0) is 0 Å². The summed E-state index contributed by atoms with van der Waals surface area (Å²) in [7, 11) is 0. The minimum Gasteiger partial charge on any atom is -0.317 e. The third kappa shape index (κ3) is 4.42. The fourth-order valence-corrected chi connectivity index (χ4v) is 2.61. The van der Waals surface area contributed by atoms with E-state index in [1.807, 2.05) is 0 Å². The van der Waals surface area contributed by atoms with Gasteiger partial charge in [-0.3, -0.25) is 0 Å². The molecule has 0 aromatic carbocycles. The number of piperidine rings is 1. The molecule has 0 amide bonds. The lowest BCUT2D eigenvalue weighted by Gasteiger charge is -2.41. The summed E-state index contributed by atoms with van der Waals surface area (Å²) in [5.41, 5.74) is 0.532. The number of hydrogen-bond donors (Lipinski definition) is 1. The van der Waals surface area contributed by atoms with E-state index in [2.05, 4.69) is 44.8 Å². The minimum absolute atomic E-state index is 0.532. The van der Waals surface area contributed by atoms with Gasteiger partial charge in [-0.1, -0.05) is 20.8 Å². The number of nitrogens with zero attached hydrogens (tertiary/aromatic N) is 1. The van der Waals surface area contributed by atoms with Gasteiger partial charge in [0.05, 0.1) is 0 Å². The second-order valence-electron chi connectivity index (χ2n) is 6.48. The Balaban J connectivity index is 2.52. The SMILES string of the molecule is CC(C)CN(CC1(C)CCNCC1)C(C)C. The third-order valence-electron chi connectivity index (χ3n) is 3.73. The zero-order chi connectivity index (χ0) is 12.2. The van der Waals surface area contributed by atoms with Crippen molar-refractivity contribution in [3.05, 3.63) is 0 Å². The molecule has 1 heterocycles. The topological polar surface area (TPSA) is 15.3 Å². The van der Waals surface area contributed by atoms with Gasteiger partial charge < -0.3 is 10.2 Å². The molecule has 0 saturated carbocycles. The van der Waals surface area contributed by atoms with E-state index in [1.165, 1.54) is 39.0 Å². The quantitative estimate of drug-likeness (QED) is 0.775. The van der Waals surface area contributed by atoms with Gasteiger partial charge in [-0.25, -0.2) is 0 Å². The van der Waals surface area contributed by atoms with Crippen LogP contribution in [0.3, 0.4) is 0 Å². The molecule has 16 heavy (non-hydrogen) atoms. The van der Waals surface area contributed by atoms with Crippen molar-refractivity contribution in [1.82, 2.24) is 10.2 Å². The molecular formula is C14H30N2. The van der Waals surface area contributed by atoms with Crippen molar-refractivity contribution in [1.29, 1.82) is 0 Å². The van der Waals surface area contributed by atoms with Crippen molar-refractivity contribution < 1.29 is 0 Å². The lowest BCUT2D eigenvalue weighted by atomic mass is 9.80. The van der Waals surface area contributed by atoms with Gasteiger partial charge in [-0.05, 0) is 51.1 Å². The van der Waals surface area contributed by atoms with Crippen molar-refractivity contribution >= 4 is 0 Å². The van der Waals surface area contributed by atoms with E-state index in [-0.39, 0.29) is 0 Å². The van der Waals surface area contributed by atoms with E-state index in [0.29, 0.717) is 11.5 Å². The molecule has 96 valence electrons. The number of hydrogen-bond acceptors (Lipinski definition) is 2. The Morgan fingerprint density at radius 1 is 1.12 bits per heavy atom. The Hall–Kier alpha value is -0.0800. The van der Waals surface area contributed by atoms with E-state index in [9.17, 15) is 0 Å². The Morgan fingerprint density at radius 3 is 2.12 bits per heavy atom. The van der Waals surface area contributed by atoms with Crippen LogP contribution in [0.25, 0.3) is 0 Å². The summed E-state index contributed by atoms with van der Waals surface area (Å²) >= 11 is 0. The first-order chi connectivity index (χ1) is 7.43. The smallest absolute Gasteiger partial charge is 0.00391 e. The van der Waals surface area contributed by atoms with Crippen LogP contribution in [0.1, 0.15) is 47.5 Å². The number of nitrogens with one attached hydrogen (secondary N) is 1. The van der Waals surface area contributed by atoms with Crippen LogP contribution in [0.2, 0.25) is 0 Å². The molecule has 1 fully saturated rings. The molecule has 1 rings (SSSR count). The average molecular weight is 226 g/mol. The van der Waals surface area contributed by atoms with E-state index >= 15 is 0 Å². The van der Waals surface area contributed by atoms with Gasteiger partial charge in [0.25, 0.3) is 0 Å². The summed E-state index contributed by atoms with van der Waals surface area (Å²) in [6.45, 7) is 16.7. The van der Waals surface area contributed by atoms with Crippen LogP contribution in [0.4, 0.5) is 0 Å². The molecule has 1 saturated heterocycles. The normalized spacial score (nSPS) is 21.0. The van der Waals surface area contributed by atoms with Crippen molar-refractivity contribution in [2.45, 2.75) is 53.5 Å². The van der Waals surface area contributed by atoms with Crippen LogP contribution in [0.15, 0.2) is 0 Å². The summed E-state index contributed by atoms with van der Waals surface area (Å²) in [4.78, 5) is 2.66. The maximum atomic E-state index is 3.46. The minimum atomic E-state index is 0.532. The Labute approximate surface area is 102 Å². The Bertz CT molecular complexity index is 193. The van der Waals surface area contributed by atoms with E-state index in [1.54, 1.807) is 0 Å². The third-order valence-corrected chi connectivity index (χ3v) is 3.73. The Kier molecular flexibility index (Phi) is 5.26. The summed E-state index contributed by atoms with van der Waals surface area (Å²) in [5.74, 6) is 0.771. The van der Waals surface area contributed by atoms with Crippen LogP contribution in [0, 0.1) is 11.3 Å². The molecule has 0 radical (unpaired) electrons. The average Bonchev–Trinajstić information content (AvgIpc) is 2.16. The summed E-state index contributed by atoms with van der Waals surface area (Å²) < 4.78 is 0. The fourth-order valence-electron chi connectivity index (χ4n) is 2.61.